The maximum absolute atomic E-state index is 12.2. The Morgan fingerprint density at radius 3 is 2.50 bits per heavy atom. The van der Waals surface area contributed by atoms with Crippen LogP contribution < -0.4 is 5.32 Å². The topological polar surface area (TPSA) is 81.1 Å². The third kappa shape index (κ3) is 4.58. The molecule has 0 spiro atoms. The summed E-state index contributed by atoms with van der Waals surface area (Å²) in [7, 11) is -3.27. The summed E-state index contributed by atoms with van der Waals surface area (Å²) in [5.41, 5.74) is 2.53. The van der Waals surface area contributed by atoms with E-state index < -0.39 is 9.84 Å². The van der Waals surface area contributed by atoms with Gasteiger partial charge in [0, 0.05) is 37.3 Å². The smallest absolute Gasteiger partial charge is 0.251 e. The van der Waals surface area contributed by atoms with Crippen LogP contribution in [-0.2, 0) is 22.9 Å². The summed E-state index contributed by atoms with van der Waals surface area (Å²) in [5, 5.41) is 2.85. The highest BCUT2D eigenvalue weighted by atomic mass is 32.2. The van der Waals surface area contributed by atoms with Crippen molar-refractivity contribution < 1.29 is 13.2 Å². The first kappa shape index (κ1) is 17.9. The van der Waals surface area contributed by atoms with Crippen LogP contribution in [0.2, 0.25) is 0 Å². The summed E-state index contributed by atoms with van der Waals surface area (Å²) >= 11 is 0. The molecule has 0 radical (unpaired) electrons. The molecule has 6 nitrogen and oxygen atoms in total. The quantitative estimate of drug-likeness (QED) is 0.723. The summed E-state index contributed by atoms with van der Waals surface area (Å²) in [6.07, 6.45) is 6.53. The molecule has 0 saturated heterocycles. The van der Waals surface area contributed by atoms with E-state index in [0.29, 0.717) is 12.1 Å². The van der Waals surface area contributed by atoms with Gasteiger partial charge >= 0.3 is 0 Å². The van der Waals surface area contributed by atoms with E-state index in [0.717, 1.165) is 23.9 Å². The minimum absolute atomic E-state index is 0.196. The van der Waals surface area contributed by atoms with Gasteiger partial charge in [0.1, 0.15) is 0 Å². The zero-order valence-electron chi connectivity index (χ0n) is 14.3. The Bertz CT molecular complexity index is 995. The Labute approximate surface area is 152 Å². The van der Waals surface area contributed by atoms with Crippen molar-refractivity contribution in [2.75, 3.05) is 6.26 Å². The van der Waals surface area contributed by atoms with Gasteiger partial charge in [-0.3, -0.25) is 4.79 Å². The highest BCUT2D eigenvalue weighted by Gasteiger charge is 2.10. The van der Waals surface area contributed by atoms with Crippen molar-refractivity contribution in [2.24, 2.45) is 0 Å². The van der Waals surface area contributed by atoms with Crippen LogP contribution in [0, 0.1) is 0 Å². The Morgan fingerprint density at radius 1 is 1.12 bits per heavy atom. The standard InChI is InChI=1S/C19H19N3O3S/c1-26(24,25)18-7-5-17(6-8-18)19(23)21-12-15-3-2-4-16(11-15)13-22-10-9-20-14-22/h2-11,14H,12-13H2,1H3,(H,21,23). The van der Waals surface area contributed by atoms with Crippen LogP contribution in [0.25, 0.3) is 0 Å². The SMILES string of the molecule is CS(=O)(=O)c1ccc(C(=O)NCc2cccc(Cn3ccnc3)c2)cc1. The van der Waals surface area contributed by atoms with Gasteiger partial charge in [-0.15, -0.1) is 0 Å². The molecule has 0 unspecified atom stereocenters. The van der Waals surface area contributed by atoms with Crippen LogP contribution in [-0.4, -0.2) is 30.1 Å². The van der Waals surface area contributed by atoms with Gasteiger partial charge in [-0.05, 0) is 35.4 Å². The maximum Gasteiger partial charge on any atom is 0.251 e. The van der Waals surface area contributed by atoms with Crippen LogP contribution in [0.5, 0.6) is 0 Å². The maximum atomic E-state index is 12.2. The molecule has 0 aliphatic carbocycles. The molecular formula is C19H19N3O3S. The highest BCUT2D eigenvalue weighted by molar-refractivity contribution is 7.90. The lowest BCUT2D eigenvalue weighted by molar-refractivity contribution is 0.0951. The number of aromatic nitrogens is 2. The Hall–Kier alpha value is -2.93. The number of benzene rings is 2. The number of carbonyl (C=O) groups is 1. The fourth-order valence-corrected chi connectivity index (χ4v) is 3.20. The Morgan fingerprint density at radius 2 is 1.85 bits per heavy atom. The second-order valence-electron chi connectivity index (χ2n) is 6.03. The van der Waals surface area contributed by atoms with Gasteiger partial charge in [-0.1, -0.05) is 24.3 Å². The lowest BCUT2D eigenvalue weighted by atomic mass is 10.1. The first-order valence-corrected chi connectivity index (χ1v) is 9.93. The predicted molar refractivity (Wildman–Crippen MR) is 98.5 cm³/mol. The van der Waals surface area contributed by atoms with E-state index in [-0.39, 0.29) is 10.8 Å². The fourth-order valence-electron chi connectivity index (χ4n) is 2.57. The predicted octanol–water partition coefficient (Wildman–Crippen LogP) is 2.26. The summed E-state index contributed by atoms with van der Waals surface area (Å²) in [6, 6.07) is 13.9. The normalized spacial score (nSPS) is 11.3. The zero-order chi connectivity index (χ0) is 18.6. The molecule has 26 heavy (non-hydrogen) atoms. The van der Waals surface area contributed by atoms with E-state index in [2.05, 4.69) is 10.3 Å². The average molecular weight is 369 g/mol. The number of carbonyl (C=O) groups excluding carboxylic acids is 1. The van der Waals surface area contributed by atoms with Gasteiger partial charge in [0.25, 0.3) is 5.91 Å². The second kappa shape index (κ2) is 7.53. The molecule has 1 aromatic heterocycles. The van der Waals surface area contributed by atoms with Gasteiger partial charge in [0.15, 0.2) is 9.84 Å². The van der Waals surface area contributed by atoms with Crippen LogP contribution in [0.3, 0.4) is 0 Å². The van der Waals surface area contributed by atoms with Gasteiger partial charge in [-0.2, -0.15) is 0 Å². The molecule has 0 fully saturated rings. The first-order valence-electron chi connectivity index (χ1n) is 8.04. The van der Waals surface area contributed by atoms with Gasteiger partial charge < -0.3 is 9.88 Å². The van der Waals surface area contributed by atoms with Crippen molar-refractivity contribution in [1.29, 1.82) is 0 Å². The van der Waals surface area contributed by atoms with Gasteiger partial charge in [0.05, 0.1) is 11.2 Å². The minimum Gasteiger partial charge on any atom is -0.348 e. The first-order chi connectivity index (χ1) is 12.4. The van der Waals surface area contributed by atoms with E-state index in [1.165, 1.54) is 24.3 Å². The molecule has 2 aromatic carbocycles. The van der Waals surface area contributed by atoms with E-state index in [1.807, 2.05) is 35.0 Å². The number of hydrogen-bond acceptors (Lipinski definition) is 4. The van der Waals surface area contributed by atoms with Crippen molar-refractivity contribution in [3.63, 3.8) is 0 Å². The molecule has 3 rings (SSSR count). The summed E-state index contributed by atoms with van der Waals surface area (Å²) in [5.74, 6) is -0.245. The van der Waals surface area contributed by atoms with Crippen molar-refractivity contribution >= 4 is 15.7 Å². The molecule has 1 heterocycles. The van der Waals surface area contributed by atoms with Crippen LogP contribution in [0.1, 0.15) is 21.5 Å². The monoisotopic (exact) mass is 369 g/mol. The molecule has 0 bridgehead atoms. The fraction of sp³-hybridized carbons (Fsp3) is 0.158. The molecule has 0 aliphatic rings. The molecule has 1 N–H and O–H groups in total. The minimum atomic E-state index is -3.27. The second-order valence-corrected chi connectivity index (χ2v) is 8.05. The number of nitrogens with zero attached hydrogens (tertiary/aromatic N) is 2. The number of sulfone groups is 1. The van der Waals surface area contributed by atoms with Crippen molar-refractivity contribution in [2.45, 2.75) is 18.0 Å². The molecular weight excluding hydrogens is 350 g/mol. The van der Waals surface area contributed by atoms with E-state index in [9.17, 15) is 13.2 Å². The highest BCUT2D eigenvalue weighted by Crippen LogP contribution is 2.11. The third-order valence-corrected chi connectivity index (χ3v) is 5.04. The lowest BCUT2D eigenvalue weighted by Crippen LogP contribution is -2.22. The number of imidazole rings is 1. The lowest BCUT2D eigenvalue weighted by Gasteiger charge is -2.08. The molecule has 3 aromatic rings. The van der Waals surface area contributed by atoms with Crippen LogP contribution in [0.15, 0.2) is 72.1 Å². The van der Waals surface area contributed by atoms with Crippen LogP contribution >= 0.6 is 0 Å². The van der Waals surface area contributed by atoms with Crippen molar-refractivity contribution in [3.8, 4) is 0 Å². The number of hydrogen-bond donors (Lipinski definition) is 1. The van der Waals surface area contributed by atoms with E-state index in [4.69, 9.17) is 0 Å². The van der Waals surface area contributed by atoms with Crippen LogP contribution in [0.4, 0.5) is 0 Å². The largest absolute Gasteiger partial charge is 0.348 e. The molecule has 0 saturated carbocycles. The zero-order valence-corrected chi connectivity index (χ0v) is 15.1. The molecule has 134 valence electrons. The average Bonchev–Trinajstić information content (AvgIpc) is 3.12. The van der Waals surface area contributed by atoms with Gasteiger partial charge in [0.2, 0.25) is 0 Å². The molecule has 1 amide bonds. The number of amides is 1. The number of rotatable bonds is 6. The Balaban J connectivity index is 1.62. The number of nitrogens with one attached hydrogen (secondary N) is 1. The Kier molecular flexibility index (Phi) is 5.18. The molecule has 0 atom stereocenters. The van der Waals surface area contributed by atoms with Crippen molar-refractivity contribution in [3.05, 3.63) is 83.9 Å². The summed E-state index contributed by atoms with van der Waals surface area (Å²) < 4.78 is 24.9. The molecule has 0 aliphatic heterocycles. The third-order valence-electron chi connectivity index (χ3n) is 3.91. The van der Waals surface area contributed by atoms with E-state index >= 15 is 0 Å². The molecule has 7 heteroatoms. The summed E-state index contributed by atoms with van der Waals surface area (Å²) in [6.45, 7) is 1.11. The summed E-state index contributed by atoms with van der Waals surface area (Å²) in [4.78, 5) is 16.5. The van der Waals surface area contributed by atoms with Gasteiger partial charge in [-0.25, -0.2) is 13.4 Å². The van der Waals surface area contributed by atoms with E-state index in [1.54, 1.807) is 12.5 Å². The van der Waals surface area contributed by atoms with Crippen molar-refractivity contribution in [1.82, 2.24) is 14.9 Å².